The molecule has 2 heterocycles. The number of hydrogen-bond donors (Lipinski definition) is 1. The lowest BCUT2D eigenvalue weighted by molar-refractivity contribution is -0.0262. The summed E-state index contributed by atoms with van der Waals surface area (Å²) in [6.45, 7) is 7.54. The Bertz CT molecular complexity index is 160. The summed E-state index contributed by atoms with van der Waals surface area (Å²) in [5.74, 6) is 0. The van der Waals surface area contributed by atoms with E-state index in [1.165, 1.54) is 13.0 Å². The van der Waals surface area contributed by atoms with E-state index in [1.807, 2.05) is 0 Å². The summed E-state index contributed by atoms with van der Waals surface area (Å²) in [6, 6.07) is 1.35. The number of rotatable bonds is 1. The van der Waals surface area contributed by atoms with Crippen LogP contribution >= 0.6 is 27.0 Å². The minimum atomic E-state index is 0. The van der Waals surface area contributed by atoms with Gasteiger partial charge in [0.25, 0.3) is 0 Å². The van der Waals surface area contributed by atoms with E-state index in [0.717, 1.165) is 26.3 Å². The van der Waals surface area contributed by atoms with Gasteiger partial charge in [-0.3, -0.25) is 4.90 Å². The third-order valence-electron chi connectivity index (χ3n) is 2.94. The standard InChI is InChI=1S/C9H18N2O.2H2S/c1-2-8-6-11-3-4-12-7-9(11)5-10-8;;/h8-10H,2-7H2,1H3;2*1H2/t8-,9+;;/m1../s1. The van der Waals surface area contributed by atoms with Gasteiger partial charge in [-0.2, -0.15) is 27.0 Å². The summed E-state index contributed by atoms with van der Waals surface area (Å²) in [5.41, 5.74) is 0. The zero-order valence-electron chi connectivity index (χ0n) is 8.75. The Hall–Kier alpha value is 0.580. The first kappa shape index (κ1) is 14.6. The highest BCUT2D eigenvalue weighted by Gasteiger charge is 2.28. The van der Waals surface area contributed by atoms with Gasteiger partial charge in [0, 0.05) is 31.7 Å². The molecule has 0 aliphatic carbocycles. The molecular weight excluding hydrogens is 216 g/mol. The molecule has 2 aliphatic rings. The molecule has 2 atom stereocenters. The fourth-order valence-electron chi connectivity index (χ4n) is 2.04. The van der Waals surface area contributed by atoms with E-state index in [4.69, 9.17) is 4.74 Å². The van der Waals surface area contributed by atoms with Gasteiger partial charge in [-0.1, -0.05) is 6.92 Å². The van der Waals surface area contributed by atoms with Crippen LogP contribution in [-0.2, 0) is 4.74 Å². The van der Waals surface area contributed by atoms with Crippen molar-refractivity contribution in [1.82, 2.24) is 10.2 Å². The van der Waals surface area contributed by atoms with Gasteiger partial charge in [0.15, 0.2) is 0 Å². The predicted molar refractivity (Wildman–Crippen MR) is 69.0 cm³/mol. The van der Waals surface area contributed by atoms with Crippen LogP contribution in [0.1, 0.15) is 13.3 Å². The van der Waals surface area contributed by atoms with E-state index in [9.17, 15) is 0 Å². The van der Waals surface area contributed by atoms with Crippen LogP contribution < -0.4 is 5.32 Å². The van der Waals surface area contributed by atoms with E-state index in [0.29, 0.717) is 12.1 Å². The SMILES string of the molecule is CC[C@@H]1CN2CCOC[C@@H]2CN1.S.S. The van der Waals surface area contributed by atoms with Crippen molar-refractivity contribution < 1.29 is 4.74 Å². The molecule has 0 bridgehead atoms. The Labute approximate surface area is 100 Å². The van der Waals surface area contributed by atoms with E-state index in [-0.39, 0.29) is 27.0 Å². The molecule has 0 aromatic heterocycles. The van der Waals surface area contributed by atoms with Gasteiger partial charge < -0.3 is 10.1 Å². The molecule has 2 aliphatic heterocycles. The van der Waals surface area contributed by atoms with Crippen LogP contribution in [0.25, 0.3) is 0 Å². The van der Waals surface area contributed by atoms with E-state index in [1.54, 1.807) is 0 Å². The highest BCUT2D eigenvalue weighted by molar-refractivity contribution is 7.59. The van der Waals surface area contributed by atoms with Gasteiger partial charge in [0.1, 0.15) is 0 Å². The lowest BCUT2D eigenvalue weighted by Crippen LogP contribution is -2.60. The minimum Gasteiger partial charge on any atom is -0.378 e. The highest BCUT2D eigenvalue weighted by Crippen LogP contribution is 2.12. The zero-order valence-corrected chi connectivity index (χ0v) is 10.8. The number of nitrogens with zero attached hydrogens (tertiary/aromatic N) is 1. The van der Waals surface area contributed by atoms with Crippen LogP contribution in [0, 0.1) is 0 Å². The van der Waals surface area contributed by atoms with E-state index < -0.39 is 0 Å². The van der Waals surface area contributed by atoms with Gasteiger partial charge >= 0.3 is 0 Å². The van der Waals surface area contributed by atoms with Crippen molar-refractivity contribution in [3.05, 3.63) is 0 Å². The normalized spacial score (nSPS) is 32.4. The molecule has 2 fully saturated rings. The first-order valence-corrected chi connectivity index (χ1v) is 4.95. The van der Waals surface area contributed by atoms with Crippen molar-refractivity contribution in [2.45, 2.75) is 25.4 Å². The maximum Gasteiger partial charge on any atom is 0.0634 e. The molecule has 0 unspecified atom stereocenters. The quantitative estimate of drug-likeness (QED) is 0.711. The molecule has 3 nitrogen and oxygen atoms in total. The van der Waals surface area contributed by atoms with E-state index in [2.05, 4.69) is 17.1 Å². The van der Waals surface area contributed by atoms with Crippen molar-refractivity contribution in [1.29, 1.82) is 0 Å². The highest BCUT2D eigenvalue weighted by atomic mass is 32.1. The average Bonchev–Trinajstić information content (AvgIpc) is 2.17. The lowest BCUT2D eigenvalue weighted by atomic mass is 10.1. The van der Waals surface area contributed by atoms with Crippen molar-refractivity contribution in [3.8, 4) is 0 Å². The third kappa shape index (κ3) is 3.31. The van der Waals surface area contributed by atoms with Gasteiger partial charge in [0.05, 0.1) is 13.2 Å². The molecular formula is C9H22N2OS2. The van der Waals surface area contributed by atoms with Crippen LogP contribution in [0.3, 0.4) is 0 Å². The lowest BCUT2D eigenvalue weighted by Gasteiger charge is -2.42. The molecule has 1 N–H and O–H groups in total. The predicted octanol–water partition coefficient (Wildman–Crippen LogP) is 0.295. The van der Waals surface area contributed by atoms with Gasteiger partial charge in [-0.25, -0.2) is 0 Å². The van der Waals surface area contributed by atoms with Crippen LogP contribution in [0.2, 0.25) is 0 Å². The Morgan fingerprint density at radius 1 is 1.43 bits per heavy atom. The number of ether oxygens (including phenoxy) is 1. The molecule has 0 spiro atoms. The summed E-state index contributed by atoms with van der Waals surface area (Å²) in [5, 5.41) is 3.55. The van der Waals surface area contributed by atoms with Gasteiger partial charge in [-0.05, 0) is 6.42 Å². The maximum absolute atomic E-state index is 5.43. The third-order valence-corrected chi connectivity index (χ3v) is 2.94. The molecule has 86 valence electrons. The fraction of sp³-hybridized carbons (Fsp3) is 1.00. The summed E-state index contributed by atoms with van der Waals surface area (Å²) < 4.78 is 5.43. The monoisotopic (exact) mass is 238 g/mol. The molecule has 0 amide bonds. The second-order valence-electron chi connectivity index (χ2n) is 3.74. The van der Waals surface area contributed by atoms with E-state index >= 15 is 0 Å². The van der Waals surface area contributed by atoms with Gasteiger partial charge in [-0.15, -0.1) is 0 Å². The fourth-order valence-corrected chi connectivity index (χ4v) is 2.04. The van der Waals surface area contributed by atoms with Crippen LogP contribution in [0.4, 0.5) is 0 Å². The molecule has 2 saturated heterocycles. The number of hydrogen-bond acceptors (Lipinski definition) is 3. The van der Waals surface area contributed by atoms with Crippen molar-refractivity contribution in [2.75, 3.05) is 32.8 Å². The van der Waals surface area contributed by atoms with Crippen LogP contribution in [0.15, 0.2) is 0 Å². The summed E-state index contributed by atoms with van der Waals surface area (Å²) in [4.78, 5) is 2.56. The molecule has 0 radical (unpaired) electrons. The van der Waals surface area contributed by atoms with Crippen LogP contribution in [0.5, 0.6) is 0 Å². The van der Waals surface area contributed by atoms with Gasteiger partial charge in [0.2, 0.25) is 0 Å². The number of nitrogens with one attached hydrogen (secondary N) is 1. The average molecular weight is 238 g/mol. The number of morpholine rings is 1. The number of piperazine rings is 1. The molecule has 0 aromatic carbocycles. The van der Waals surface area contributed by atoms with Crippen LogP contribution in [-0.4, -0.2) is 49.8 Å². The zero-order chi connectivity index (χ0) is 8.39. The topological polar surface area (TPSA) is 24.5 Å². The molecule has 5 heteroatoms. The second kappa shape index (κ2) is 6.95. The Balaban J connectivity index is 0.000000845. The van der Waals surface area contributed by atoms with Crippen molar-refractivity contribution >= 4 is 27.0 Å². The Morgan fingerprint density at radius 3 is 2.93 bits per heavy atom. The molecule has 2 rings (SSSR count). The minimum absolute atomic E-state index is 0. The largest absolute Gasteiger partial charge is 0.378 e. The number of fused-ring (bicyclic) bond motifs is 1. The molecule has 14 heavy (non-hydrogen) atoms. The maximum atomic E-state index is 5.43. The summed E-state index contributed by atoms with van der Waals surface area (Å²) >= 11 is 0. The second-order valence-corrected chi connectivity index (χ2v) is 3.74. The Kier molecular flexibility index (Phi) is 7.24. The molecule has 0 saturated carbocycles. The molecule has 0 aromatic rings. The van der Waals surface area contributed by atoms with Crippen molar-refractivity contribution in [3.63, 3.8) is 0 Å². The smallest absolute Gasteiger partial charge is 0.0634 e. The summed E-state index contributed by atoms with van der Waals surface area (Å²) in [6.07, 6.45) is 1.24. The first-order valence-electron chi connectivity index (χ1n) is 4.95. The first-order chi connectivity index (χ1) is 5.90. The Morgan fingerprint density at radius 2 is 2.21 bits per heavy atom. The summed E-state index contributed by atoms with van der Waals surface area (Å²) in [7, 11) is 0. The van der Waals surface area contributed by atoms with Crippen molar-refractivity contribution in [2.24, 2.45) is 0 Å².